The minimum atomic E-state index is -0.0988. The van der Waals surface area contributed by atoms with Crippen LogP contribution in [0.5, 0.6) is 0 Å². The van der Waals surface area contributed by atoms with Gasteiger partial charge in [0, 0.05) is 6.61 Å². The van der Waals surface area contributed by atoms with E-state index < -0.39 is 0 Å². The molecule has 2 saturated carbocycles. The Morgan fingerprint density at radius 2 is 1.94 bits per heavy atom. The summed E-state index contributed by atoms with van der Waals surface area (Å²) in [6, 6.07) is 0. The molecule has 2 aliphatic carbocycles. The fourth-order valence-corrected chi connectivity index (χ4v) is 4.54. The van der Waals surface area contributed by atoms with Gasteiger partial charge < -0.3 is 10.2 Å². The number of fused-ring (bicyclic) bond motifs is 1. The van der Waals surface area contributed by atoms with E-state index in [4.69, 9.17) is 0 Å². The van der Waals surface area contributed by atoms with Crippen molar-refractivity contribution in [1.82, 2.24) is 0 Å². The van der Waals surface area contributed by atoms with Gasteiger partial charge in [0.05, 0.1) is 6.10 Å². The molecule has 2 heteroatoms. The fraction of sp³-hybridized carbons (Fsp3) is 1.00. The van der Waals surface area contributed by atoms with Crippen LogP contribution < -0.4 is 0 Å². The van der Waals surface area contributed by atoms with Crippen LogP contribution in [0.4, 0.5) is 0 Å². The lowest BCUT2D eigenvalue weighted by Crippen LogP contribution is -2.45. The Hall–Kier alpha value is -0.0800. The van der Waals surface area contributed by atoms with Gasteiger partial charge in [-0.05, 0) is 48.3 Å². The summed E-state index contributed by atoms with van der Waals surface area (Å²) < 4.78 is 0. The minimum absolute atomic E-state index is 0.000556. The Morgan fingerprint density at radius 3 is 2.56 bits per heavy atom. The average Bonchev–Trinajstić information content (AvgIpc) is 2.57. The molecule has 0 aromatic carbocycles. The van der Waals surface area contributed by atoms with E-state index in [1.807, 2.05) is 0 Å². The Morgan fingerprint density at radius 1 is 1.25 bits per heavy atom. The summed E-state index contributed by atoms with van der Waals surface area (Å²) in [6.45, 7) is 6.95. The Kier molecular flexibility index (Phi) is 3.09. The Bertz CT molecular complexity index is 261. The van der Waals surface area contributed by atoms with E-state index in [1.165, 1.54) is 12.8 Å². The SMILES string of the molecule is CC(C)(CO)[C@H]1CC[C@H]2[C@@H](O)CCC[C@]12C. The molecule has 0 aliphatic heterocycles. The third kappa shape index (κ3) is 1.70. The maximum atomic E-state index is 10.1. The second-order valence-corrected chi connectivity index (χ2v) is 6.85. The third-order valence-corrected chi connectivity index (χ3v) is 5.44. The first-order chi connectivity index (χ1) is 7.42. The molecule has 4 atom stereocenters. The van der Waals surface area contributed by atoms with E-state index in [2.05, 4.69) is 20.8 Å². The molecule has 0 aromatic heterocycles. The normalized spacial score (nSPS) is 44.4. The van der Waals surface area contributed by atoms with Gasteiger partial charge >= 0.3 is 0 Å². The quantitative estimate of drug-likeness (QED) is 0.760. The van der Waals surface area contributed by atoms with E-state index in [1.54, 1.807) is 0 Å². The molecule has 2 aliphatic rings. The third-order valence-electron chi connectivity index (χ3n) is 5.44. The summed E-state index contributed by atoms with van der Waals surface area (Å²) >= 11 is 0. The number of hydrogen-bond donors (Lipinski definition) is 2. The van der Waals surface area contributed by atoms with Crippen LogP contribution in [-0.4, -0.2) is 22.9 Å². The van der Waals surface area contributed by atoms with E-state index in [-0.39, 0.29) is 23.5 Å². The summed E-state index contributed by atoms with van der Waals surface area (Å²) in [7, 11) is 0. The highest BCUT2D eigenvalue weighted by Gasteiger charge is 2.54. The van der Waals surface area contributed by atoms with E-state index in [0.29, 0.717) is 11.8 Å². The molecule has 0 spiro atoms. The lowest BCUT2D eigenvalue weighted by atomic mass is 9.58. The lowest BCUT2D eigenvalue weighted by molar-refractivity contribution is -0.0545. The standard InChI is InChI=1S/C14H26O2/c1-13(2,9-15)12-7-6-10-11(16)5-4-8-14(10,12)3/h10-12,15-16H,4-9H2,1-3H3/t10-,11-,12+,14-/m0/s1. The minimum Gasteiger partial charge on any atom is -0.396 e. The zero-order chi connectivity index (χ0) is 12.0. The highest BCUT2D eigenvalue weighted by molar-refractivity contribution is 5.04. The van der Waals surface area contributed by atoms with E-state index in [0.717, 1.165) is 19.3 Å². The smallest absolute Gasteiger partial charge is 0.0573 e. The van der Waals surface area contributed by atoms with Gasteiger partial charge in [0.2, 0.25) is 0 Å². The highest BCUT2D eigenvalue weighted by Crippen LogP contribution is 2.60. The molecule has 2 nitrogen and oxygen atoms in total. The zero-order valence-electron chi connectivity index (χ0n) is 10.9. The van der Waals surface area contributed by atoms with Gasteiger partial charge in [0.25, 0.3) is 0 Å². The van der Waals surface area contributed by atoms with Crippen LogP contribution in [0.2, 0.25) is 0 Å². The van der Waals surface area contributed by atoms with Gasteiger partial charge in [-0.3, -0.25) is 0 Å². The second-order valence-electron chi connectivity index (χ2n) is 6.85. The van der Waals surface area contributed by atoms with Crippen molar-refractivity contribution < 1.29 is 10.2 Å². The molecule has 0 saturated heterocycles. The van der Waals surface area contributed by atoms with Crippen molar-refractivity contribution in [3.05, 3.63) is 0 Å². The predicted molar refractivity (Wildman–Crippen MR) is 65.0 cm³/mol. The number of aliphatic hydroxyl groups is 2. The van der Waals surface area contributed by atoms with Crippen molar-refractivity contribution >= 4 is 0 Å². The van der Waals surface area contributed by atoms with Gasteiger partial charge in [-0.15, -0.1) is 0 Å². The van der Waals surface area contributed by atoms with Crippen LogP contribution in [0.1, 0.15) is 52.9 Å². The van der Waals surface area contributed by atoms with E-state index in [9.17, 15) is 10.2 Å². The number of aliphatic hydroxyl groups excluding tert-OH is 2. The summed E-state index contributed by atoms with van der Waals surface area (Å²) in [5, 5.41) is 19.7. The van der Waals surface area contributed by atoms with Crippen molar-refractivity contribution in [2.45, 2.75) is 59.0 Å². The maximum Gasteiger partial charge on any atom is 0.0573 e. The van der Waals surface area contributed by atoms with Crippen LogP contribution in [0.3, 0.4) is 0 Å². The second kappa shape index (κ2) is 3.99. The maximum absolute atomic E-state index is 10.1. The van der Waals surface area contributed by atoms with Crippen LogP contribution in [0, 0.1) is 22.7 Å². The molecule has 0 unspecified atom stereocenters. The van der Waals surface area contributed by atoms with Crippen LogP contribution in [0.15, 0.2) is 0 Å². The number of hydrogen-bond acceptors (Lipinski definition) is 2. The summed E-state index contributed by atoms with van der Waals surface area (Å²) in [5.74, 6) is 1.03. The monoisotopic (exact) mass is 226 g/mol. The molecular formula is C14H26O2. The van der Waals surface area contributed by atoms with Gasteiger partial charge in [0.1, 0.15) is 0 Å². The Balaban J connectivity index is 2.24. The van der Waals surface area contributed by atoms with Crippen molar-refractivity contribution in [2.75, 3.05) is 6.61 Å². The van der Waals surface area contributed by atoms with Gasteiger partial charge in [-0.25, -0.2) is 0 Å². The average molecular weight is 226 g/mol. The molecule has 2 rings (SSSR count). The van der Waals surface area contributed by atoms with Gasteiger partial charge in [-0.2, -0.15) is 0 Å². The molecule has 2 fully saturated rings. The predicted octanol–water partition coefficient (Wildman–Crippen LogP) is 2.58. The topological polar surface area (TPSA) is 40.5 Å². The Labute approximate surface area is 99.1 Å². The first kappa shape index (κ1) is 12.4. The summed E-state index contributed by atoms with van der Waals surface area (Å²) in [6.07, 6.45) is 5.57. The van der Waals surface area contributed by atoms with Crippen molar-refractivity contribution in [1.29, 1.82) is 0 Å². The van der Waals surface area contributed by atoms with Crippen LogP contribution >= 0.6 is 0 Å². The largest absolute Gasteiger partial charge is 0.396 e. The molecule has 0 bridgehead atoms. The summed E-state index contributed by atoms with van der Waals surface area (Å²) in [5.41, 5.74) is 0.254. The van der Waals surface area contributed by atoms with E-state index >= 15 is 0 Å². The summed E-state index contributed by atoms with van der Waals surface area (Å²) in [4.78, 5) is 0. The van der Waals surface area contributed by atoms with Crippen LogP contribution in [-0.2, 0) is 0 Å². The molecular weight excluding hydrogens is 200 g/mol. The van der Waals surface area contributed by atoms with Crippen molar-refractivity contribution in [3.63, 3.8) is 0 Å². The molecule has 2 N–H and O–H groups in total. The molecule has 0 aromatic rings. The molecule has 0 amide bonds. The molecule has 0 heterocycles. The lowest BCUT2D eigenvalue weighted by Gasteiger charge is -2.48. The van der Waals surface area contributed by atoms with Crippen molar-refractivity contribution in [3.8, 4) is 0 Å². The fourth-order valence-electron chi connectivity index (χ4n) is 4.54. The van der Waals surface area contributed by atoms with Gasteiger partial charge in [0.15, 0.2) is 0 Å². The van der Waals surface area contributed by atoms with Crippen LogP contribution in [0.25, 0.3) is 0 Å². The van der Waals surface area contributed by atoms with Crippen molar-refractivity contribution in [2.24, 2.45) is 22.7 Å². The molecule has 0 radical (unpaired) electrons. The highest BCUT2D eigenvalue weighted by atomic mass is 16.3. The molecule has 16 heavy (non-hydrogen) atoms. The molecule has 94 valence electrons. The number of rotatable bonds is 2. The first-order valence-electron chi connectivity index (χ1n) is 6.71. The zero-order valence-corrected chi connectivity index (χ0v) is 10.9. The first-order valence-corrected chi connectivity index (χ1v) is 6.71. The van der Waals surface area contributed by atoms with Gasteiger partial charge in [-0.1, -0.05) is 27.2 Å².